The van der Waals surface area contributed by atoms with E-state index in [0.717, 1.165) is 6.42 Å². The van der Waals surface area contributed by atoms with Crippen LogP contribution in [-0.2, 0) is 4.79 Å². The number of carbonyl (C=O) groups excluding carboxylic acids is 1. The summed E-state index contributed by atoms with van der Waals surface area (Å²) in [7, 11) is 0. The summed E-state index contributed by atoms with van der Waals surface area (Å²) >= 11 is 1.76. The van der Waals surface area contributed by atoms with Crippen molar-refractivity contribution in [3.05, 3.63) is 21.4 Å². The van der Waals surface area contributed by atoms with Crippen molar-refractivity contribution in [3.63, 3.8) is 0 Å². The average molecular weight is 223 g/mol. The number of nitrogens with two attached hydrogens (primary N) is 1. The standard InChI is InChI=1S/C12H17NOS/c1-7-6-15-8(2)12(7)10-5-9(14)3-4-11(10)13/h6,10-11H,3-5,13H2,1-2H3. The molecular weight excluding hydrogens is 206 g/mol. The quantitative estimate of drug-likeness (QED) is 0.795. The van der Waals surface area contributed by atoms with Gasteiger partial charge in [-0.1, -0.05) is 0 Å². The van der Waals surface area contributed by atoms with Crippen LogP contribution in [0, 0.1) is 13.8 Å². The van der Waals surface area contributed by atoms with Gasteiger partial charge in [-0.25, -0.2) is 0 Å². The van der Waals surface area contributed by atoms with Crippen LogP contribution < -0.4 is 5.73 Å². The molecule has 15 heavy (non-hydrogen) atoms. The lowest BCUT2D eigenvalue weighted by Crippen LogP contribution is -2.35. The molecule has 1 aliphatic rings. The summed E-state index contributed by atoms with van der Waals surface area (Å²) in [6.07, 6.45) is 2.15. The molecule has 0 spiro atoms. The molecule has 0 bridgehead atoms. The maximum absolute atomic E-state index is 11.5. The summed E-state index contributed by atoms with van der Waals surface area (Å²) < 4.78 is 0. The highest BCUT2D eigenvalue weighted by atomic mass is 32.1. The Bertz CT molecular complexity index is 363. The zero-order chi connectivity index (χ0) is 11.0. The van der Waals surface area contributed by atoms with Gasteiger partial charge in [0.25, 0.3) is 0 Å². The van der Waals surface area contributed by atoms with E-state index in [0.29, 0.717) is 18.6 Å². The first-order chi connectivity index (χ1) is 7.09. The van der Waals surface area contributed by atoms with Crippen LogP contribution in [0.4, 0.5) is 0 Å². The van der Waals surface area contributed by atoms with E-state index in [1.165, 1.54) is 16.0 Å². The highest BCUT2D eigenvalue weighted by Crippen LogP contribution is 2.36. The highest BCUT2D eigenvalue weighted by molar-refractivity contribution is 7.10. The minimum Gasteiger partial charge on any atom is -0.327 e. The van der Waals surface area contributed by atoms with Crippen molar-refractivity contribution in [1.82, 2.24) is 0 Å². The van der Waals surface area contributed by atoms with Gasteiger partial charge in [0.15, 0.2) is 0 Å². The molecule has 2 unspecified atom stereocenters. The molecule has 1 aliphatic carbocycles. The van der Waals surface area contributed by atoms with Gasteiger partial charge in [0.2, 0.25) is 0 Å². The lowest BCUT2D eigenvalue weighted by Gasteiger charge is -2.28. The molecule has 2 nitrogen and oxygen atoms in total. The molecule has 2 N–H and O–H groups in total. The first kappa shape index (κ1) is 10.8. The van der Waals surface area contributed by atoms with Gasteiger partial charge >= 0.3 is 0 Å². The summed E-state index contributed by atoms with van der Waals surface area (Å²) in [6.45, 7) is 4.24. The topological polar surface area (TPSA) is 43.1 Å². The fourth-order valence-corrected chi connectivity index (χ4v) is 3.40. The molecule has 0 radical (unpaired) electrons. The zero-order valence-electron chi connectivity index (χ0n) is 9.25. The van der Waals surface area contributed by atoms with E-state index in [9.17, 15) is 4.79 Å². The van der Waals surface area contributed by atoms with Gasteiger partial charge in [-0.3, -0.25) is 4.79 Å². The van der Waals surface area contributed by atoms with E-state index >= 15 is 0 Å². The molecule has 0 saturated heterocycles. The molecule has 2 atom stereocenters. The Morgan fingerprint density at radius 1 is 1.47 bits per heavy atom. The molecule has 3 heteroatoms. The van der Waals surface area contributed by atoms with Crippen LogP contribution in [0.5, 0.6) is 0 Å². The fourth-order valence-electron chi connectivity index (χ4n) is 2.48. The minimum atomic E-state index is 0.162. The molecule has 0 aromatic carbocycles. The number of ketones is 1. The molecule has 82 valence electrons. The van der Waals surface area contributed by atoms with Crippen LogP contribution in [-0.4, -0.2) is 11.8 Å². The maximum Gasteiger partial charge on any atom is 0.133 e. The lowest BCUT2D eigenvalue weighted by atomic mass is 9.79. The average Bonchev–Trinajstić information content (AvgIpc) is 2.51. The number of thiophene rings is 1. The highest BCUT2D eigenvalue weighted by Gasteiger charge is 2.30. The molecule has 0 aliphatic heterocycles. The third-order valence-electron chi connectivity index (χ3n) is 3.31. The monoisotopic (exact) mass is 223 g/mol. The molecule has 1 fully saturated rings. The van der Waals surface area contributed by atoms with Crippen molar-refractivity contribution in [2.75, 3.05) is 0 Å². The number of aryl methyl sites for hydroxylation is 2. The summed E-state index contributed by atoms with van der Waals surface area (Å²) in [4.78, 5) is 12.8. The Hall–Kier alpha value is -0.670. The Morgan fingerprint density at radius 2 is 2.20 bits per heavy atom. The zero-order valence-corrected chi connectivity index (χ0v) is 10.1. The summed E-state index contributed by atoms with van der Waals surface area (Å²) in [6, 6.07) is 0.162. The molecule has 1 saturated carbocycles. The summed E-state index contributed by atoms with van der Waals surface area (Å²) in [5, 5.41) is 2.16. The van der Waals surface area contributed by atoms with Crippen LogP contribution in [0.3, 0.4) is 0 Å². The Balaban J connectivity index is 2.32. The number of hydrogen-bond acceptors (Lipinski definition) is 3. The van der Waals surface area contributed by atoms with Gasteiger partial charge in [0.1, 0.15) is 5.78 Å². The third-order valence-corrected chi connectivity index (χ3v) is 4.35. The van der Waals surface area contributed by atoms with E-state index in [2.05, 4.69) is 19.2 Å². The molecule has 2 rings (SSSR count). The predicted octanol–water partition coefficient (Wildman–Crippen LogP) is 2.53. The Labute approximate surface area is 94.5 Å². The minimum absolute atomic E-state index is 0.162. The van der Waals surface area contributed by atoms with Crippen LogP contribution in [0.15, 0.2) is 5.38 Å². The predicted molar refractivity (Wildman–Crippen MR) is 63.4 cm³/mol. The number of hydrogen-bond donors (Lipinski definition) is 1. The van der Waals surface area contributed by atoms with Gasteiger partial charge in [-0.05, 0) is 36.8 Å². The van der Waals surface area contributed by atoms with E-state index in [-0.39, 0.29) is 12.0 Å². The van der Waals surface area contributed by atoms with Gasteiger partial charge in [0.05, 0.1) is 0 Å². The van der Waals surface area contributed by atoms with Crippen LogP contribution >= 0.6 is 11.3 Å². The van der Waals surface area contributed by atoms with Crippen LogP contribution in [0.1, 0.15) is 41.2 Å². The van der Waals surface area contributed by atoms with E-state index in [1.807, 2.05) is 0 Å². The van der Waals surface area contributed by atoms with Crippen molar-refractivity contribution in [1.29, 1.82) is 0 Å². The third kappa shape index (κ3) is 1.99. The normalized spacial score (nSPS) is 27.0. The smallest absolute Gasteiger partial charge is 0.133 e. The molecule has 1 aromatic heterocycles. The maximum atomic E-state index is 11.5. The fraction of sp³-hybridized carbons (Fsp3) is 0.583. The van der Waals surface area contributed by atoms with Gasteiger partial charge < -0.3 is 5.73 Å². The van der Waals surface area contributed by atoms with Gasteiger partial charge in [-0.15, -0.1) is 11.3 Å². The first-order valence-corrected chi connectivity index (χ1v) is 6.29. The Kier molecular flexibility index (Phi) is 2.94. The number of rotatable bonds is 1. The van der Waals surface area contributed by atoms with Crippen LogP contribution in [0.25, 0.3) is 0 Å². The molecule has 1 heterocycles. The molecule has 1 aromatic rings. The van der Waals surface area contributed by atoms with Crippen molar-refractivity contribution in [2.45, 2.75) is 45.1 Å². The number of carbonyl (C=O) groups is 1. The van der Waals surface area contributed by atoms with Gasteiger partial charge in [0, 0.05) is 29.7 Å². The Morgan fingerprint density at radius 3 is 2.80 bits per heavy atom. The summed E-state index contributed by atoms with van der Waals surface area (Å²) in [5.74, 6) is 0.629. The van der Waals surface area contributed by atoms with Crippen molar-refractivity contribution in [3.8, 4) is 0 Å². The van der Waals surface area contributed by atoms with Crippen molar-refractivity contribution in [2.24, 2.45) is 5.73 Å². The second-order valence-corrected chi connectivity index (χ2v) is 5.52. The summed E-state index contributed by atoms with van der Waals surface area (Å²) in [5.41, 5.74) is 8.76. The van der Waals surface area contributed by atoms with E-state index in [1.54, 1.807) is 11.3 Å². The second kappa shape index (κ2) is 4.06. The van der Waals surface area contributed by atoms with Crippen molar-refractivity contribution < 1.29 is 4.79 Å². The molecule has 0 amide bonds. The largest absolute Gasteiger partial charge is 0.327 e. The second-order valence-electron chi connectivity index (χ2n) is 4.44. The number of Topliss-reactive ketones (excluding diaryl/α,β-unsaturated/α-hetero) is 1. The first-order valence-electron chi connectivity index (χ1n) is 5.41. The van der Waals surface area contributed by atoms with Crippen molar-refractivity contribution >= 4 is 17.1 Å². The SMILES string of the molecule is Cc1csc(C)c1C1CC(=O)CCC1N. The molecular formula is C12H17NOS. The van der Waals surface area contributed by atoms with Crippen LogP contribution in [0.2, 0.25) is 0 Å². The van der Waals surface area contributed by atoms with Gasteiger partial charge in [-0.2, -0.15) is 0 Å². The van der Waals surface area contributed by atoms with E-state index < -0.39 is 0 Å². The lowest BCUT2D eigenvalue weighted by molar-refractivity contribution is -0.120. The van der Waals surface area contributed by atoms with E-state index in [4.69, 9.17) is 5.73 Å².